The zero-order chi connectivity index (χ0) is 33.9. The molecule has 0 saturated carbocycles. The maximum absolute atomic E-state index is 11.2. The first-order chi connectivity index (χ1) is 23.8. The smallest absolute Gasteiger partial charge is 0.161 e. The van der Waals surface area contributed by atoms with E-state index in [4.69, 9.17) is 15.2 Å². The van der Waals surface area contributed by atoms with E-state index in [1.54, 1.807) is 6.07 Å². The minimum Gasteiger partial charge on any atom is -0.504 e. The van der Waals surface area contributed by atoms with E-state index < -0.39 is 12.3 Å². The van der Waals surface area contributed by atoms with Crippen LogP contribution in [0.1, 0.15) is 73.8 Å². The van der Waals surface area contributed by atoms with E-state index in [9.17, 15) is 10.2 Å². The molecule has 0 spiro atoms. The standard InChI is InChI=1S/C42H47N3O4/c1-3-35-31(18-28-9-5-4-6-10-28)20-32-25-49-40-19-29(14-17-39(40)47)13-16-33(46)22-34-11-7-8-27(2)12-15-30-21-41(43)44-42(38(30)26-48-34)45-23-36(32)37(35)24-45/h4-6,9-10,14,17,19-21,23-24,27,33-34,41,44,46-47H,3,7-8,11,13,16,18,22,25-26,43H2,1-2H3/t27-,33-,34+,41?/m1/s1. The van der Waals surface area contributed by atoms with Gasteiger partial charge in [-0.25, -0.2) is 0 Å². The SMILES string of the molecule is CCc1c(Cc2ccccc2)cc2c3cn(cc13)C1=C3CO[C@@H](CCC[C@@H](C)C#CC3=CC(N)N1)C[C@H](O)CCc1ccc(O)c(c1)OC2. The zero-order valence-corrected chi connectivity index (χ0v) is 28.5. The Balaban J connectivity index is 1.42. The van der Waals surface area contributed by atoms with Crippen molar-refractivity contribution in [2.45, 2.75) is 90.2 Å². The highest BCUT2D eigenvalue weighted by atomic mass is 16.5. The van der Waals surface area contributed by atoms with Gasteiger partial charge in [-0.15, -0.1) is 0 Å². The van der Waals surface area contributed by atoms with Crippen molar-refractivity contribution in [1.29, 1.82) is 0 Å². The van der Waals surface area contributed by atoms with E-state index in [0.29, 0.717) is 31.6 Å². The number of phenolic OH excluding ortho intramolecular Hbond substituents is 1. The molecule has 7 heteroatoms. The number of dihydropyridines is 1. The van der Waals surface area contributed by atoms with Crippen molar-refractivity contribution in [2.24, 2.45) is 11.7 Å². The van der Waals surface area contributed by atoms with Gasteiger partial charge < -0.3 is 35.3 Å². The summed E-state index contributed by atoms with van der Waals surface area (Å²) in [5.74, 6) is 8.59. The molecule has 6 bridgehead atoms. The van der Waals surface area contributed by atoms with Crippen LogP contribution in [0.2, 0.25) is 0 Å². The Morgan fingerprint density at radius 2 is 1.86 bits per heavy atom. The molecule has 0 saturated heterocycles. The van der Waals surface area contributed by atoms with Crippen LogP contribution in [-0.4, -0.2) is 39.8 Å². The lowest BCUT2D eigenvalue weighted by atomic mass is 9.92. The average Bonchev–Trinajstić information content (AvgIpc) is 3.53. The number of nitrogens with zero attached hydrogens (tertiary/aromatic N) is 1. The van der Waals surface area contributed by atoms with E-state index in [1.165, 1.54) is 16.7 Å². The average molecular weight is 658 g/mol. The van der Waals surface area contributed by atoms with Gasteiger partial charge in [-0.3, -0.25) is 0 Å². The number of rotatable bonds is 3. The third kappa shape index (κ3) is 7.43. The van der Waals surface area contributed by atoms with E-state index in [-0.39, 0.29) is 24.4 Å². The fraction of sp³-hybridized carbons (Fsp3) is 0.381. The van der Waals surface area contributed by atoms with Gasteiger partial charge in [0.1, 0.15) is 12.4 Å². The molecule has 49 heavy (non-hydrogen) atoms. The number of aromatic nitrogens is 1. The van der Waals surface area contributed by atoms with Gasteiger partial charge in [-0.2, -0.15) is 0 Å². The summed E-state index contributed by atoms with van der Waals surface area (Å²) in [5, 5.41) is 27.8. The number of nitrogens with two attached hydrogens (primary N) is 1. The van der Waals surface area contributed by atoms with Crippen molar-refractivity contribution < 1.29 is 19.7 Å². The molecule has 4 aromatic rings. The summed E-state index contributed by atoms with van der Waals surface area (Å²) >= 11 is 0. The molecule has 0 aliphatic carbocycles. The fourth-order valence-electron chi connectivity index (χ4n) is 7.46. The molecule has 0 amide bonds. The third-order valence-electron chi connectivity index (χ3n) is 10.1. The number of ether oxygens (including phenoxy) is 2. The van der Waals surface area contributed by atoms with Crippen LogP contribution >= 0.6 is 0 Å². The van der Waals surface area contributed by atoms with Gasteiger partial charge >= 0.3 is 0 Å². The molecule has 1 aromatic heterocycles. The first-order valence-corrected chi connectivity index (χ1v) is 17.8. The molecule has 3 aliphatic heterocycles. The lowest BCUT2D eigenvalue weighted by Crippen LogP contribution is -2.40. The van der Waals surface area contributed by atoms with Gasteiger partial charge in [0, 0.05) is 40.2 Å². The lowest BCUT2D eigenvalue weighted by molar-refractivity contribution is 0.0168. The van der Waals surface area contributed by atoms with Crippen LogP contribution < -0.4 is 15.8 Å². The van der Waals surface area contributed by atoms with Gasteiger partial charge in [0.15, 0.2) is 11.5 Å². The number of hydrogen-bond acceptors (Lipinski definition) is 6. The van der Waals surface area contributed by atoms with Gasteiger partial charge in [0.25, 0.3) is 0 Å². The molecule has 0 radical (unpaired) electrons. The molecule has 254 valence electrons. The largest absolute Gasteiger partial charge is 0.504 e. The summed E-state index contributed by atoms with van der Waals surface area (Å²) in [6.45, 7) is 5.02. The molecule has 4 heterocycles. The Morgan fingerprint density at radius 3 is 2.69 bits per heavy atom. The summed E-state index contributed by atoms with van der Waals surface area (Å²) in [6, 6.07) is 18.3. The predicted octanol–water partition coefficient (Wildman–Crippen LogP) is 6.97. The highest BCUT2D eigenvalue weighted by molar-refractivity contribution is 5.91. The number of benzene rings is 3. The molecule has 7 rings (SSSR count). The molecule has 0 fully saturated rings. The zero-order valence-electron chi connectivity index (χ0n) is 28.5. The molecule has 4 atom stereocenters. The minimum absolute atomic E-state index is 0.103. The number of fused-ring (bicyclic) bond motifs is 6. The van der Waals surface area contributed by atoms with E-state index in [2.05, 4.69) is 78.3 Å². The van der Waals surface area contributed by atoms with Crippen LogP contribution in [0.25, 0.3) is 16.6 Å². The van der Waals surface area contributed by atoms with Crippen LogP contribution in [0.3, 0.4) is 0 Å². The van der Waals surface area contributed by atoms with Crippen LogP contribution in [0.4, 0.5) is 0 Å². The van der Waals surface area contributed by atoms with Crippen LogP contribution in [-0.2, 0) is 30.6 Å². The van der Waals surface area contributed by atoms with Crippen LogP contribution in [0, 0.1) is 17.8 Å². The van der Waals surface area contributed by atoms with E-state index in [1.807, 2.05) is 24.3 Å². The monoisotopic (exact) mass is 657 g/mol. The van der Waals surface area contributed by atoms with Crippen LogP contribution in [0.5, 0.6) is 11.5 Å². The molecule has 5 N–H and O–H groups in total. The first-order valence-electron chi connectivity index (χ1n) is 17.8. The number of aliphatic hydroxyl groups excluding tert-OH is 1. The summed E-state index contributed by atoms with van der Waals surface area (Å²) < 4.78 is 15.2. The van der Waals surface area contributed by atoms with Crippen molar-refractivity contribution in [1.82, 2.24) is 9.88 Å². The van der Waals surface area contributed by atoms with Crippen molar-refractivity contribution in [3.63, 3.8) is 0 Å². The quantitative estimate of drug-likeness (QED) is 0.178. The fourth-order valence-corrected chi connectivity index (χ4v) is 7.46. The molecule has 7 nitrogen and oxygen atoms in total. The Kier molecular flexibility index (Phi) is 9.81. The highest BCUT2D eigenvalue weighted by Crippen LogP contribution is 2.35. The van der Waals surface area contributed by atoms with Gasteiger partial charge in [0.05, 0.1) is 25.0 Å². The molecule has 3 aromatic carbocycles. The molecule has 1 unspecified atom stereocenters. The minimum atomic E-state index is -0.526. The van der Waals surface area contributed by atoms with Gasteiger partial charge in [0.2, 0.25) is 0 Å². The first kappa shape index (κ1) is 33.0. The summed E-state index contributed by atoms with van der Waals surface area (Å²) in [4.78, 5) is 0. The Hall–Kier alpha value is -4.48. The van der Waals surface area contributed by atoms with E-state index >= 15 is 0 Å². The van der Waals surface area contributed by atoms with E-state index in [0.717, 1.165) is 71.0 Å². The Labute approximate surface area is 289 Å². The van der Waals surface area contributed by atoms with Crippen molar-refractivity contribution in [2.75, 3.05) is 6.61 Å². The number of aromatic hydroxyl groups is 1. The Bertz CT molecular complexity index is 1950. The van der Waals surface area contributed by atoms with Crippen molar-refractivity contribution in [3.05, 3.63) is 112 Å². The Morgan fingerprint density at radius 1 is 1.02 bits per heavy atom. The number of hydrogen-bond donors (Lipinski definition) is 4. The molecular formula is C42H47N3O4. The number of phenols is 1. The van der Waals surface area contributed by atoms with Crippen LogP contribution in [0.15, 0.2) is 84.2 Å². The number of aryl methyl sites for hydroxylation is 2. The number of aliphatic hydroxyl groups is 1. The second-order valence-electron chi connectivity index (χ2n) is 13.8. The predicted molar refractivity (Wildman–Crippen MR) is 195 cm³/mol. The van der Waals surface area contributed by atoms with Gasteiger partial charge in [-0.1, -0.05) is 68.2 Å². The topological polar surface area (TPSA) is 102 Å². The van der Waals surface area contributed by atoms with Crippen molar-refractivity contribution >= 4 is 16.6 Å². The highest BCUT2D eigenvalue weighted by Gasteiger charge is 2.25. The normalized spacial score (nSPS) is 23.0. The lowest BCUT2D eigenvalue weighted by Gasteiger charge is -2.28. The molecule has 3 aliphatic rings. The summed E-state index contributed by atoms with van der Waals surface area (Å²) in [5.41, 5.74) is 14.3. The summed E-state index contributed by atoms with van der Waals surface area (Å²) in [6.07, 6.45) is 11.6. The van der Waals surface area contributed by atoms with Gasteiger partial charge in [-0.05, 0) is 97.4 Å². The molecular weight excluding hydrogens is 610 g/mol. The second-order valence-corrected chi connectivity index (χ2v) is 13.8. The number of nitrogens with one attached hydrogen (secondary N) is 1. The third-order valence-corrected chi connectivity index (χ3v) is 10.1. The maximum atomic E-state index is 11.2. The second kappa shape index (κ2) is 14.6. The summed E-state index contributed by atoms with van der Waals surface area (Å²) in [7, 11) is 0. The maximum Gasteiger partial charge on any atom is 0.161 e. The van der Waals surface area contributed by atoms with Crippen molar-refractivity contribution in [3.8, 4) is 23.3 Å².